The van der Waals surface area contributed by atoms with Gasteiger partial charge in [0, 0.05) is 35.5 Å². The molecule has 2 heterocycles. The van der Waals surface area contributed by atoms with Crippen LogP contribution in [-0.4, -0.2) is 28.4 Å². The summed E-state index contributed by atoms with van der Waals surface area (Å²) in [6.45, 7) is 2.11. The first-order chi connectivity index (χ1) is 3.86. The van der Waals surface area contributed by atoms with Gasteiger partial charge in [-0.25, -0.2) is 3.11 Å². The summed E-state index contributed by atoms with van der Waals surface area (Å²) in [5, 5.41) is 0. The highest BCUT2D eigenvalue weighted by molar-refractivity contribution is 14.1. The number of hydrogen-bond acceptors (Lipinski definition) is 2. The summed E-state index contributed by atoms with van der Waals surface area (Å²) in [7, 11) is 0. The Morgan fingerprint density at radius 1 is 1.62 bits per heavy atom. The summed E-state index contributed by atoms with van der Waals surface area (Å²) >= 11 is 2.38. The molecule has 2 bridgehead atoms. The SMILES string of the molecule is IN1C[C@@H]2C[C@H]1CO2. The zero-order chi connectivity index (χ0) is 5.56. The highest BCUT2D eigenvalue weighted by Crippen LogP contribution is 2.29. The van der Waals surface area contributed by atoms with Gasteiger partial charge in [0.15, 0.2) is 0 Å². The van der Waals surface area contributed by atoms with Crippen molar-refractivity contribution in [2.24, 2.45) is 0 Å². The molecule has 0 aliphatic carbocycles. The largest absolute Gasteiger partial charge is 0.375 e. The minimum Gasteiger partial charge on any atom is -0.375 e. The van der Waals surface area contributed by atoms with Crippen molar-refractivity contribution in [2.45, 2.75) is 18.6 Å². The molecule has 3 heteroatoms. The first kappa shape index (κ1) is 5.44. The molecule has 2 aliphatic rings. The van der Waals surface area contributed by atoms with E-state index < -0.39 is 0 Å². The van der Waals surface area contributed by atoms with Gasteiger partial charge in [-0.1, -0.05) is 0 Å². The van der Waals surface area contributed by atoms with Crippen molar-refractivity contribution in [3.63, 3.8) is 0 Å². The number of rotatable bonds is 0. The lowest BCUT2D eigenvalue weighted by molar-refractivity contribution is 0.0694. The lowest BCUT2D eigenvalue weighted by Gasteiger charge is -2.18. The van der Waals surface area contributed by atoms with E-state index in [2.05, 4.69) is 26.0 Å². The molecule has 8 heavy (non-hydrogen) atoms. The van der Waals surface area contributed by atoms with Gasteiger partial charge in [0.05, 0.1) is 12.7 Å². The molecule has 0 aromatic heterocycles. The maximum Gasteiger partial charge on any atom is 0.0727 e. The molecule has 2 rings (SSSR count). The standard InChI is InChI=1S/C5H8INO/c6-7-2-5-1-4(7)3-8-5/h4-5H,1-3H2/t4-,5-/m0/s1. The smallest absolute Gasteiger partial charge is 0.0727 e. The number of morpholine rings is 1. The van der Waals surface area contributed by atoms with E-state index in [0.29, 0.717) is 6.10 Å². The Kier molecular flexibility index (Phi) is 1.23. The second kappa shape index (κ2) is 1.82. The number of nitrogens with zero attached hydrogens (tertiary/aromatic N) is 1. The van der Waals surface area contributed by atoms with Gasteiger partial charge in [-0.3, -0.25) is 0 Å². The average Bonchev–Trinajstić information content (AvgIpc) is 2.23. The minimum atomic E-state index is 0.567. The van der Waals surface area contributed by atoms with Gasteiger partial charge in [0.1, 0.15) is 0 Å². The van der Waals surface area contributed by atoms with Gasteiger partial charge in [-0.2, -0.15) is 0 Å². The van der Waals surface area contributed by atoms with Crippen LogP contribution < -0.4 is 0 Å². The predicted octanol–water partition coefficient (Wildman–Crippen LogP) is 0.810. The van der Waals surface area contributed by atoms with E-state index in [1.807, 2.05) is 0 Å². The van der Waals surface area contributed by atoms with Crippen LogP contribution in [-0.2, 0) is 4.74 Å². The Labute approximate surface area is 62.7 Å². The predicted molar refractivity (Wildman–Crippen MR) is 38.9 cm³/mol. The molecule has 0 aromatic rings. The van der Waals surface area contributed by atoms with Gasteiger partial charge in [0.2, 0.25) is 0 Å². The van der Waals surface area contributed by atoms with E-state index in [0.717, 1.165) is 19.2 Å². The van der Waals surface area contributed by atoms with Gasteiger partial charge in [0.25, 0.3) is 0 Å². The topological polar surface area (TPSA) is 12.5 Å². The molecule has 2 saturated heterocycles. The van der Waals surface area contributed by atoms with Crippen LogP contribution in [0.1, 0.15) is 6.42 Å². The molecular weight excluding hydrogens is 217 g/mol. The van der Waals surface area contributed by atoms with Crippen LogP contribution in [0.3, 0.4) is 0 Å². The van der Waals surface area contributed by atoms with Crippen molar-refractivity contribution in [1.29, 1.82) is 0 Å². The van der Waals surface area contributed by atoms with Crippen molar-refractivity contribution < 1.29 is 4.74 Å². The van der Waals surface area contributed by atoms with Gasteiger partial charge in [-0.05, 0) is 6.42 Å². The van der Waals surface area contributed by atoms with Crippen LogP contribution in [0.4, 0.5) is 0 Å². The Morgan fingerprint density at radius 2 is 2.50 bits per heavy atom. The summed E-state index contributed by atoms with van der Waals surface area (Å²) < 4.78 is 7.73. The Morgan fingerprint density at radius 3 is 2.75 bits per heavy atom. The molecule has 0 spiro atoms. The second-order valence-corrected chi connectivity index (χ2v) is 3.67. The summed E-state index contributed by atoms with van der Waals surface area (Å²) in [5.74, 6) is 0. The van der Waals surface area contributed by atoms with Gasteiger partial charge in [-0.15, -0.1) is 0 Å². The molecule has 0 radical (unpaired) electrons. The van der Waals surface area contributed by atoms with Gasteiger partial charge >= 0.3 is 0 Å². The molecule has 2 aliphatic heterocycles. The Balaban J connectivity index is 2.11. The number of hydrogen-bond donors (Lipinski definition) is 0. The van der Waals surface area contributed by atoms with E-state index in [1.165, 1.54) is 6.42 Å². The molecule has 2 atom stereocenters. The molecule has 0 aromatic carbocycles. The van der Waals surface area contributed by atoms with Crippen LogP contribution >= 0.6 is 22.9 Å². The van der Waals surface area contributed by atoms with Crippen molar-refractivity contribution in [1.82, 2.24) is 3.11 Å². The zero-order valence-electron chi connectivity index (χ0n) is 4.51. The highest BCUT2D eigenvalue weighted by atomic mass is 127. The molecule has 0 N–H and O–H groups in total. The Hall–Kier alpha value is 0.650. The van der Waals surface area contributed by atoms with E-state index >= 15 is 0 Å². The van der Waals surface area contributed by atoms with E-state index in [9.17, 15) is 0 Å². The fraction of sp³-hybridized carbons (Fsp3) is 1.00. The molecule has 2 nitrogen and oxygen atoms in total. The lowest BCUT2D eigenvalue weighted by atomic mass is 10.3. The first-order valence-electron chi connectivity index (χ1n) is 2.90. The highest BCUT2D eigenvalue weighted by Gasteiger charge is 2.37. The van der Waals surface area contributed by atoms with Crippen LogP contribution in [0.15, 0.2) is 0 Å². The molecule has 0 saturated carbocycles. The summed E-state index contributed by atoms with van der Waals surface area (Å²) in [6.07, 6.45) is 1.83. The fourth-order valence-electron chi connectivity index (χ4n) is 1.35. The van der Waals surface area contributed by atoms with E-state index in [4.69, 9.17) is 4.74 Å². The summed E-state index contributed by atoms with van der Waals surface area (Å²) in [5.41, 5.74) is 0. The third-order valence-corrected chi connectivity index (χ3v) is 3.02. The monoisotopic (exact) mass is 225 g/mol. The summed E-state index contributed by atoms with van der Waals surface area (Å²) in [6, 6.07) is 0.737. The molecular formula is C5H8INO. The van der Waals surface area contributed by atoms with E-state index in [1.54, 1.807) is 0 Å². The van der Waals surface area contributed by atoms with Crippen molar-refractivity contribution in [2.75, 3.05) is 13.2 Å². The van der Waals surface area contributed by atoms with Gasteiger partial charge < -0.3 is 4.74 Å². The zero-order valence-corrected chi connectivity index (χ0v) is 6.67. The maximum atomic E-state index is 5.38. The average molecular weight is 225 g/mol. The second-order valence-electron chi connectivity index (χ2n) is 2.43. The normalized spacial score (nSPS) is 46.1. The fourth-order valence-corrected chi connectivity index (χ4v) is 2.18. The molecule has 0 amide bonds. The van der Waals surface area contributed by atoms with E-state index in [-0.39, 0.29) is 0 Å². The van der Waals surface area contributed by atoms with Crippen molar-refractivity contribution in [3.8, 4) is 0 Å². The molecule has 2 fully saturated rings. The number of ether oxygens (including phenoxy) is 1. The van der Waals surface area contributed by atoms with Crippen LogP contribution in [0.5, 0.6) is 0 Å². The van der Waals surface area contributed by atoms with Crippen LogP contribution in [0, 0.1) is 0 Å². The van der Waals surface area contributed by atoms with Crippen molar-refractivity contribution in [3.05, 3.63) is 0 Å². The van der Waals surface area contributed by atoms with Crippen LogP contribution in [0.25, 0.3) is 0 Å². The number of fused-ring (bicyclic) bond motifs is 2. The molecule has 46 valence electrons. The third-order valence-electron chi connectivity index (χ3n) is 1.83. The lowest BCUT2D eigenvalue weighted by Crippen LogP contribution is -2.28. The third kappa shape index (κ3) is 0.681. The minimum absolute atomic E-state index is 0.567. The maximum absolute atomic E-state index is 5.38. The van der Waals surface area contributed by atoms with Crippen LogP contribution in [0.2, 0.25) is 0 Å². The number of halogens is 1. The summed E-state index contributed by atoms with van der Waals surface area (Å²) in [4.78, 5) is 0. The molecule has 0 unspecified atom stereocenters. The van der Waals surface area contributed by atoms with Crippen molar-refractivity contribution >= 4 is 22.9 Å². The quantitative estimate of drug-likeness (QED) is 0.446. The Bertz CT molecular complexity index is 107. The first-order valence-corrected chi connectivity index (χ1v) is 3.87.